The van der Waals surface area contributed by atoms with E-state index in [1.54, 1.807) is 25.4 Å². The minimum atomic E-state index is 0. The minimum absolute atomic E-state index is 0. The van der Waals surface area contributed by atoms with Crippen molar-refractivity contribution < 1.29 is 26.8 Å². The number of aromatic hydroxyl groups is 1. The summed E-state index contributed by atoms with van der Waals surface area (Å²) in [6.45, 7) is 1.43. The lowest BCUT2D eigenvalue weighted by Gasteiger charge is -1.95. The molecule has 0 atom stereocenters. The Balaban J connectivity index is 0.00000121. The second-order valence-corrected chi connectivity index (χ2v) is 2.29. The Kier molecular flexibility index (Phi) is 5.41. The first-order chi connectivity index (χ1) is 5.33. The van der Waals surface area contributed by atoms with Crippen molar-refractivity contribution in [3.05, 3.63) is 24.5 Å². The van der Waals surface area contributed by atoms with Crippen molar-refractivity contribution in [1.82, 2.24) is 0 Å². The molecule has 1 aromatic heterocycles. The third kappa shape index (κ3) is 3.55. The smallest absolute Gasteiger partial charge is 0.211 e. The van der Waals surface area contributed by atoms with E-state index in [0.29, 0.717) is 6.61 Å². The lowest BCUT2D eigenvalue weighted by molar-refractivity contribution is -0.698. The first-order valence-electron chi connectivity index (χ1n) is 3.50. The number of methoxy groups -OCH3 is 1. The van der Waals surface area contributed by atoms with Crippen molar-refractivity contribution in [2.45, 2.75) is 6.54 Å². The highest BCUT2D eigenvalue weighted by Gasteiger charge is 1.98. The highest BCUT2D eigenvalue weighted by atomic mass is 35.5. The Labute approximate surface area is 78.0 Å². The van der Waals surface area contributed by atoms with E-state index in [0.717, 1.165) is 6.54 Å². The van der Waals surface area contributed by atoms with Crippen molar-refractivity contribution >= 4 is 0 Å². The molecule has 0 unspecified atom stereocenters. The van der Waals surface area contributed by atoms with Crippen LogP contribution in [0.3, 0.4) is 0 Å². The van der Waals surface area contributed by atoms with Crippen LogP contribution in [0.4, 0.5) is 0 Å². The average molecular weight is 190 g/mol. The molecule has 3 nitrogen and oxygen atoms in total. The zero-order valence-corrected chi connectivity index (χ0v) is 7.66. The van der Waals surface area contributed by atoms with Gasteiger partial charge in [-0.1, -0.05) is 0 Å². The Hall–Kier alpha value is -0.800. The number of hydrogen-bond donors (Lipinski definition) is 1. The summed E-state index contributed by atoms with van der Waals surface area (Å²) in [5, 5.41) is 9.05. The van der Waals surface area contributed by atoms with Gasteiger partial charge in [-0.3, -0.25) is 0 Å². The molecule has 0 spiro atoms. The number of hydrogen-bond acceptors (Lipinski definition) is 2. The summed E-state index contributed by atoms with van der Waals surface area (Å²) in [4.78, 5) is 0. The van der Waals surface area contributed by atoms with E-state index < -0.39 is 0 Å². The lowest BCUT2D eigenvalue weighted by atomic mass is 10.4. The molecular weight excluding hydrogens is 178 g/mol. The van der Waals surface area contributed by atoms with Crippen molar-refractivity contribution in [3.8, 4) is 5.75 Å². The molecule has 1 aromatic rings. The maximum atomic E-state index is 9.05. The molecule has 1 heterocycles. The molecule has 12 heavy (non-hydrogen) atoms. The van der Waals surface area contributed by atoms with Gasteiger partial charge >= 0.3 is 0 Å². The monoisotopic (exact) mass is 189 g/mol. The molecule has 0 saturated heterocycles. The number of nitrogens with zero attached hydrogens (tertiary/aromatic N) is 1. The van der Waals surface area contributed by atoms with Gasteiger partial charge in [0.05, 0.1) is 0 Å². The van der Waals surface area contributed by atoms with E-state index in [-0.39, 0.29) is 18.2 Å². The van der Waals surface area contributed by atoms with Crippen molar-refractivity contribution in [3.63, 3.8) is 0 Å². The summed E-state index contributed by atoms with van der Waals surface area (Å²) < 4.78 is 6.76. The van der Waals surface area contributed by atoms with Crippen LogP contribution in [0.15, 0.2) is 24.5 Å². The van der Waals surface area contributed by atoms with Crippen LogP contribution in [-0.4, -0.2) is 18.8 Å². The second-order valence-electron chi connectivity index (χ2n) is 2.29. The lowest BCUT2D eigenvalue weighted by Crippen LogP contribution is -3.00. The van der Waals surface area contributed by atoms with Gasteiger partial charge in [-0.2, -0.15) is 4.57 Å². The molecule has 0 fully saturated rings. The van der Waals surface area contributed by atoms with E-state index in [4.69, 9.17) is 9.84 Å². The summed E-state index contributed by atoms with van der Waals surface area (Å²) in [5.74, 6) is 0.281. The molecule has 0 aromatic carbocycles. The number of halogens is 1. The molecule has 0 aliphatic heterocycles. The quantitative estimate of drug-likeness (QED) is 0.527. The van der Waals surface area contributed by atoms with Crippen molar-refractivity contribution in [1.29, 1.82) is 0 Å². The van der Waals surface area contributed by atoms with Crippen molar-refractivity contribution in [2.24, 2.45) is 0 Å². The summed E-state index contributed by atoms with van der Waals surface area (Å²) in [7, 11) is 1.66. The zero-order valence-electron chi connectivity index (χ0n) is 6.90. The van der Waals surface area contributed by atoms with Gasteiger partial charge in [0.2, 0.25) is 6.20 Å². The molecule has 68 valence electrons. The van der Waals surface area contributed by atoms with E-state index in [1.807, 2.05) is 10.8 Å². The number of rotatable bonds is 3. The number of pyridine rings is 1. The van der Waals surface area contributed by atoms with Crippen LogP contribution >= 0.6 is 0 Å². The second kappa shape index (κ2) is 5.80. The largest absolute Gasteiger partial charge is 1.00 e. The van der Waals surface area contributed by atoms with Crippen LogP contribution in [0.5, 0.6) is 5.75 Å². The molecule has 1 N–H and O–H groups in total. The third-order valence-electron chi connectivity index (χ3n) is 1.40. The maximum Gasteiger partial charge on any atom is 0.211 e. The molecule has 0 aliphatic rings. The van der Waals surface area contributed by atoms with Crippen LogP contribution in [0.25, 0.3) is 0 Å². The van der Waals surface area contributed by atoms with Gasteiger partial charge in [0.25, 0.3) is 0 Å². The van der Waals surface area contributed by atoms with Gasteiger partial charge in [0.1, 0.15) is 6.61 Å². The highest BCUT2D eigenvalue weighted by Crippen LogP contribution is 1.99. The third-order valence-corrected chi connectivity index (χ3v) is 1.40. The minimum Gasteiger partial charge on any atom is -1.00 e. The Morgan fingerprint density at radius 1 is 1.58 bits per heavy atom. The fourth-order valence-electron chi connectivity index (χ4n) is 0.844. The van der Waals surface area contributed by atoms with Crippen molar-refractivity contribution in [2.75, 3.05) is 13.7 Å². The van der Waals surface area contributed by atoms with Crippen LogP contribution < -0.4 is 17.0 Å². The van der Waals surface area contributed by atoms with Crippen LogP contribution in [0, 0.1) is 0 Å². The Morgan fingerprint density at radius 2 is 2.33 bits per heavy atom. The number of aromatic nitrogens is 1. The zero-order chi connectivity index (χ0) is 8.10. The first-order valence-corrected chi connectivity index (χ1v) is 3.50. The highest BCUT2D eigenvalue weighted by molar-refractivity contribution is 5.09. The predicted octanol–water partition coefficient (Wildman–Crippen LogP) is -2.67. The standard InChI is InChI=1S/C8H11NO2.ClH/c1-11-6-5-9-4-2-3-8(10)7-9;/h2-4,7H,5-6H2,1H3;1H. The van der Waals surface area contributed by atoms with Gasteiger partial charge in [-0.05, 0) is 6.07 Å². The van der Waals surface area contributed by atoms with E-state index in [1.165, 1.54) is 0 Å². The molecule has 0 amide bonds. The maximum absolute atomic E-state index is 9.05. The van der Waals surface area contributed by atoms with E-state index in [9.17, 15) is 0 Å². The molecular formula is C8H12ClNO2. The van der Waals surface area contributed by atoms with Crippen LogP contribution in [-0.2, 0) is 11.3 Å². The fraction of sp³-hybridized carbons (Fsp3) is 0.375. The summed E-state index contributed by atoms with van der Waals surface area (Å²) in [6, 6.07) is 3.44. The SMILES string of the molecule is COCC[n+]1cccc(O)c1.[Cl-]. The fourth-order valence-corrected chi connectivity index (χ4v) is 0.844. The topological polar surface area (TPSA) is 33.3 Å². The van der Waals surface area contributed by atoms with Gasteiger partial charge < -0.3 is 22.3 Å². The van der Waals surface area contributed by atoms with Gasteiger partial charge in [0, 0.05) is 13.2 Å². The van der Waals surface area contributed by atoms with Crippen LogP contribution in [0.2, 0.25) is 0 Å². The van der Waals surface area contributed by atoms with Gasteiger partial charge in [0.15, 0.2) is 18.5 Å². The molecule has 4 heteroatoms. The predicted molar refractivity (Wildman–Crippen MR) is 40.2 cm³/mol. The molecule has 0 radical (unpaired) electrons. The summed E-state index contributed by atoms with van der Waals surface area (Å²) >= 11 is 0. The first kappa shape index (κ1) is 11.2. The molecule has 0 aliphatic carbocycles. The average Bonchev–Trinajstić information content (AvgIpc) is 2.01. The number of ether oxygens (including phenoxy) is 1. The molecule has 0 saturated carbocycles. The normalized spacial score (nSPS) is 9.08. The molecule has 0 bridgehead atoms. The Bertz CT molecular complexity index is 230. The van der Waals surface area contributed by atoms with Gasteiger partial charge in [-0.15, -0.1) is 0 Å². The summed E-state index contributed by atoms with van der Waals surface area (Å²) in [6.07, 6.45) is 3.55. The van der Waals surface area contributed by atoms with Crippen LogP contribution in [0.1, 0.15) is 0 Å². The van der Waals surface area contributed by atoms with E-state index >= 15 is 0 Å². The Morgan fingerprint density at radius 3 is 2.92 bits per heavy atom. The summed E-state index contributed by atoms with van der Waals surface area (Å²) in [5.41, 5.74) is 0. The van der Waals surface area contributed by atoms with E-state index in [2.05, 4.69) is 0 Å². The van der Waals surface area contributed by atoms with Gasteiger partial charge in [-0.25, -0.2) is 0 Å². The molecule has 1 rings (SSSR count).